The van der Waals surface area contributed by atoms with Gasteiger partial charge in [0.25, 0.3) is 0 Å². The van der Waals surface area contributed by atoms with E-state index >= 15 is 0 Å². The number of aliphatic hydroxyl groups excluding tert-OH is 1. The quantitative estimate of drug-likeness (QED) is 0.586. The molecule has 3 heteroatoms. The molecular weight excluding hydrogens is 192 g/mol. The Labute approximate surface area is 88.3 Å². The van der Waals surface area contributed by atoms with Gasteiger partial charge in [0, 0.05) is 10.2 Å². The second-order valence-corrected chi connectivity index (χ2v) is 4.45. The molecule has 0 amide bonds. The summed E-state index contributed by atoms with van der Waals surface area (Å²) in [6, 6.07) is 8.91. The fourth-order valence-corrected chi connectivity index (χ4v) is 1.47. The second kappa shape index (κ2) is 5.83. The standard InChI is InChI=1S/C11H18O2Si/c1-9(12)10-3-5-11(6-4-10)13-7-2-8-14/h3-6,9,12H,2,7-8H2,1,14H3. The van der Waals surface area contributed by atoms with Crippen molar-refractivity contribution in [2.24, 2.45) is 0 Å². The third kappa shape index (κ3) is 3.52. The molecule has 0 fully saturated rings. The van der Waals surface area contributed by atoms with Gasteiger partial charge in [-0.15, -0.1) is 0 Å². The van der Waals surface area contributed by atoms with E-state index in [-0.39, 0.29) is 0 Å². The topological polar surface area (TPSA) is 29.5 Å². The first-order valence-corrected chi connectivity index (χ1v) is 6.56. The largest absolute Gasteiger partial charge is 0.494 e. The predicted octanol–water partition coefficient (Wildman–Crippen LogP) is 1.29. The molecule has 0 heterocycles. The van der Waals surface area contributed by atoms with Gasteiger partial charge in [0.1, 0.15) is 5.75 Å². The van der Waals surface area contributed by atoms with E-state index in [1.165, 1.54) is 16.3 Å². The number of hydrogen-bond acceptors (Lipinski definition) is 2. The van der Waals surface area contributed by atoms with Gasteiger partial charge >= 0.3 is 0 Å². The SMILES string of the molecule is CC(O)c1ccc(OCCC[SiH3])cc1. The summed E-state index contributed by atoms with van der Waals surface area (Å²) >= 11 is 0. The molecule has 1 aromatic carbocycles. The zero-order valence-corrected chi connectivity index (χ0v) is 10.9. The smallest absolute Gasteiger partial charge is 0.119 e. The van der Waals surface area contributed by atoms with Crippen molar-refractivity contribution in [3.63, 3.8) is 0 Å². The lowest BCUT2D eigenvalue weighted by Crippen LogP contribution is -1.97. The third-order valence-electron chi connectivity index (χ3n) is 2.13. The predicted molar refractivity (Wildman–Crippen MR) is 61.9 cm³/mol. The van der Waals surface area contributed by atoms with Gasteiger partial charge in [-0.25, -0.2) is 0 Å². The molecule has 0 aromatic heterocycles. The summed E-state index contributed by atoms with van der Waals surface area (Å²) in [5, 5.41) is 9.29. The fraction of sp³-hybridized carbons (Fsp3) is 0.455. The van der Waals surface area contributed by atoms with Crippen molar-refractivity contribution in [2.75, 3.05) is 6.61 Å². The van der Waals surface area contributed by atoms with Crippen LogP contribution in [0.15, 0.2) is 24.3 Å². The molecule has 0 aliphatic rings. The molecule has 1 N–H and O–H groups in total. The average Bonchev–Trinajstić information content (AvgIpc) is 2.19. The van der Waals surface area contributed by atoms with Crippen molar-refractivity contribution in [3.8, 4) is 5.75 Å². The third-order valence-corrected chi connectivity index (χ3v) is 2.84. The van der Waals surface area contributed by atoms with Crippen molar-refractivity contribution in [3.05, 3.63) is 29.8 Å². The molecule has 78 valence electrons. The molecule has 1 unspecified atom stereocenters. The van der Waals surface area contributed by atoms with Crippen LogP contribution >= 0.6 is 0 Å². The van der Waals surface area contributed by atoms with E-state index in [4.69, 9.17) is 4.74 Å². The fourth-order valence-electron chi connectivity index (χ4n) is 1.18. The van der Waals surface area contributed by atoms with Gasteiger partial charge in [0.2, 0.25) is 0 Å². The highest BCUT2D eigenvalue weighted by molar-refractivity contribution is 6.08. The first kappa shape index (κ1) is 11.3. The van der Waals surface area contributed by atoms with Crippen LogP contribution in [0.25, 0.3) is 0 Å². The highest BCUT2D eigenvalue weighted by atomic mass is 28.1. The van der Waals surface area contributed by atoms with Crippen molar-refractivity contribution in [2.45, 2.75) is 25.5 Å². The van der Waals surface area contributed by atoms with Crippen LogP contribution in [0.4, 0.5) is 0 Å². The van der Waals surface area contributed by atoms with E-state index in [1.54, 1.807) is 6.92 Å². The Bertz CT molecular complexity index is 256. The summed E-state index contributed by atoms with van der Waals surface area (Å²) in [4.78, 5) is 0. The summed E-state index contributed by atoms with van der Waals surface area (Å²) in [6.45, 7) is 2.56. The van der Waals surface area contributed by atoms with Gasteiger partial charge in [-0.3, -0.25) is 0 Å². The maximum atomic E-state index is 9.29. The van der Waals surface area contributed by atoms with Crippen LogP contribution in [-0.4, -0.2) is 22.0 Å². The lowest BCUT2D eigenvalue weighted by atomic mass is 10.1. The lowest BCUT2D eigenvalue weighted by molar-refractivity contribution is 0.199. The van der Waals surface area contributed by atoms with E-state index < -0.39 is 6.10 Å². The monoisotopic (exact) mass is 210 g/mol. The summed E-state index contributed by atoms with van der Waals surface area (Å²) in [5.41, 5.74) is 0.931. The Kier molecular flexibility index (Phi) is 4.69. The minimum Gasteiger partial charge on any atom is -0.494 e. The molecule has 0 radical (unpaired) electrons. The van der Waals surface area contributed by atoms with E-state index in [0.717, 1.165) is 24.3 Å². The number of ether oxygens (including phenoxy) is 1. The molecule has 1 aromatic rings. The zero-order chi connectivity index (χ0) is 10.4. The molecule has 1 atom stereocenters. The highest BCUT2D eigenvalue weighted by Gasteiger charge is 1.99. The van der Waals surface area contributed by atoms with Crippen LogP contribution in [0.2, 0.25) is 6.04 Å². The number of rotatable bonds is 5. The van der Waals surface area contributed by atoms with Gasteiger partial charge in [0.15, 0.2) is 0 Å². The zero-order valence-electron chi connectivity index (χ0n) is 8.86. The Balaban J connectivity index is 2.47. The molecule has 0 aliphatic heterocycles. The molecule has 0 saturated heterocycles. The first-order chi connectivity index (χ1) is 6.74. The normalized spacial score (nSPS) is 12.7. The van der Waals surface area contributed by atoms with E-state index in [2.05, 4.69) is 0 Å². The molecule has 14 heavy (non-hydrogen) atoms. The molecule has 0 aliphatic carbocycles. The van der Waals surface area contributed by atoms with Crippen LogP contribution < -0.4 is 4.74 Å². The van der Waals surface area contributed by atoms with Crippen LogP contribution in [0.1, 0.15) is 25.0 Å². The number of aliphatic hydroxyl groups is 1. The number of hydrogen-bond donors (Lipinski definition) is 1. The summed E-state index contributed by atoms with van der Waals surface area (Å²) < 4.78 is 5.52. The van der Waals surface area contributed by atoms with Crippen LogP contribution in [0.5, 0.6) is 5.75 Å². The molecule has 0 bridgehead atoms. The first-order valence-electron chi connectivity index (χ1n) is 5.15. The Morgan fingerprint density at radius 2 is 2.00 bits per heavy atom. The van der Waals surface area contributed by atoms with E-state index in [1.807, 2.05) is 24.3 Å². The average molecular weight is 210 g/mol. The van der Waals surface area contributed by atoms with E-state index in [9.17, 15) is 5.11 Å². The molecule has 0 spiro atoms. The Morgan fingerprint density at radius 1 is 1.36 bits per heavy atom. The lowest BCUT2D eigenvalue weighted by Gasteiger charge is -2.07. The summed E-state index contributed by atoms with van der Waals surface area (Å²) in [6.07, 6.45) is 0.746. The van der Waals surface area contributed by atoms with Crippen molar-refractivity contribution < 1.29 is 9.84 Å². The minimum atomic E-state index is -0.398. The van der Waals surface area contributed by atoms with E-state index in [0.29, 0.717) is 0 Å². The van der Waals surface area contributed by atoms with Crippen LogP contribution in [0.3, 0.4) is 0 Å². The van der Waals surface area contributed by atoms with Crippen molar-refractivity contribution in [1.82, 2.24) is 0 Å². The van der Waals surface area contributed by atoms with Crippen LogP contribution in [0, 0.1) is 0 Å². The van der Waals surface area contributed by atoms with Crippen molar-refractivity contribution in [1.29, 1.82) is 0 Å². The molecule has 0 saturated carbocycles. The Hall–Kier alpha value is -0.803. The summed E-state index contributed by atoms with van der Waals surface area (Å²) in [5.74, 6) is 0.893. The molecular formula is C11H18O2Si. The van der Waals surface area contributed by atoms with Crippen LogP contribution in [-0.2, 0) is 0 Å². The van der Waals surface area contributed by atoms with Crippen molar-refractivity contribution >= 4 is 10.2 Å². The van der Waals surface area contributed by atoms with Gasteiger partial charge in [-0.2, -0.15) is 0 Å². The van der Waals surface area contributed by atoms with Gasteiger partial charge in [0.05, 0.1) is 12.7 Å². The maximum absolute atomic E-state index is 9.29. The van der Waals surface area contributed by atoms with Gasteiger partial charge in [-0.05, 0) is 31.0 Å². The highest BCUT2D eigenvalue weighted by Crippen LogP contribution is 2.17. The second-order valence-electron chi connectivity index (χ2n) is 3.45. The van der Waals surface area contributed by atoms with Gasteiger partial charge < -0.3 is 9.84 Å². The molecule has 2 nitrogen and oxygen atoms in total. The molecule has 1 rings (SSSR count). The number of benzene rings is 1. The summed E-state index contributed by atoms with van der Waals surface area (Å²) in [7, 11) is 1.25. The maximum Gasteiger partial charge on any atom is 0.119 e. The van der Waals surface area contributed by atoms with Gasteiger partial charge in [-0.1, -0.05) is 18.2 Å². The minimum absolute atomic E-state index is 0.398. The Morgan fingerprint density at radius 3 is 2.50 bits per heavy atom.